The molecule has 2 atom stereocenters. The van der Waals surface area contributed by atoms with Gasteiger partial charge in [-0.05, 0) is 51.2 Å². The quantitative estimate of drug-likeness (QED) is 0.656. The highest BCUT2D eigenvalue weighted by Crippen LogP contribution is 2.34. The van der Waals surface area contributed by atoms with Crippen LogP contribution in [0.15, 0.2) is 0 Å². The number of rotatable bonds is 3. The summed E-state index contributed by atoms with van der Waals surface area (Å²) in [5.41, 5.74) is 0. The van der Waals surface area contributed by atoms with Crippen molar-refractivity contribution in [3.8, 4) is 0 Å². The van der Waals surface area contributed by atoms with Gasteiger partial charge in [0, 0.05) is 6.04 Å². The van der Waals surface area contributed by atoms with Gasteiger partial charge in [-0.25, -0.2) is 0 Å². The molecule has 70 valence electrons. The summed E-state index contributed by atoms with van der Waals surface area (Å²) in [5, 5.41) is 6.96. The van der Waals surface area contributed by atoms with Gasteiger partial charge in [-0.2, -0.15) is 0 Å². The molecule has 2 aliphatic rings. The highest BCUT2D eigenvalue weighted by atomic mass is 15.0. The lowest BCUT2D eigenvalue weighted by Crippen LogP contribution is -2.43. The third kappa shape index (κ3) is 1.50. The fraction of sp³-hybridized carbons (Fsp3) is 1.00. The van der Waals surface area contributed by atoms with Gasteiger partial charge in [0.05, 0.1) is 0 Å². The first kappa shape index (κ1) is 8.52. The molecule has 2 nitrogen and oxygen atoms in total. The highest BCUT2D eigenvalue weighted by Gasteiger charge is 2.33. The average molecular weight is 168 g/mol. The summed E-state index contributed by atoms with van der Waals surface area (Å²) in [7, 11) is 2.13. The summed E-state index contributed by atoms with van der Waals surface area (Å²) in [6.45, 7) is 2.47. The Kier molecular flexibility index (Phi) is 2.66. The molecule has 0 radical (unpaired) electrons. The fourth-order valence-corrected chi connectivity index (χ4v) is 2.64. The molecule has 0 spiro atoms. The van der Waals surface area contributed by atoms with Crippen LogP contribution < -0.4 is 10.6 Å². The Labute approximate surface area is 75.1 Å². The molecule has 2 unspecified atom stereocenters. The minimum Gasteiger partial charge on any atom is -0.316 e. The average Bonchev–Trinajstić information content (AvgIpc) is 2.47. The van der Waals surface area contributed by atoms with E-state index in [1.54, 1.807) is 0 Å². The van der Waals surface area contributed by atoms with Crippen LogP contribution in [0.3, 0.4) is 0 Å². The second-order valence-corrected chi connectivity index (χ2v) is 4.26. The van der Waals surface area contributed by atoms with Crippen LogP contribution in [-0.4, -0.2) is 26.2 Å². The zero-order valence-corrected chi connectivity index (χ0v) is 7.97. The molecule has 0 bridgehead atoms. The van der Waals surface area contributed by atoms with Gasteiger partial charge in [-0.1, -0.05) is 6.42 Å². The monoisotopic (exact) mass is 168 g/mol. The van der Waals surface area contributed by atoms with Gasteiger partial charge in [0.1, 0.15) is 0 Å². The second-order valence-electron chi connectivity index (χ2n) is 4.26. The summed E-state index contributed by atoms with van der Waals surface area (Å²) < 4.78 is 0. The Morgan fingerprint density at radius 2 is 2.08 bits per heavy atom. The predicted molar refractivity (Wildman–Crippen MR) is 51.2 cm³/mol. The predicted octanol–water partition coefficient (Wildman–Crippen LogP) is 0.984. The molecule has 0 aromatic heterocycles. The first-order valence-corrected chi connectivity index (χ1v) is 5.30. The van der Waals surface area contributed by atoms with Crippen LogP contribution in [0.25, 0.3) is 0 Å². The summed E-state index contributed by atoms with van der Waals surface area (Å²) in [5.74, 6) is 1.89. The second kappa shape index (κ2) is 3.75. The fourth-order valence-electron chi connectivity index (χ4n) is 2.64. The Hall–Kier alpha value is -0.0800. The third-order valence-electron chi connectivity index (χ3n) is 3.60. The SMILES string of the molecule is CNC(C1CCC1)C1CCNC1. The maximum Gasteiger partial charge on any atom is 0.0133 e. The Bertz CT molecular complexity index is 137. The van der Waals surface area contributed by atoms with Gasteiger partial charge in [-0.15, -0.1) is 0 Å². The van der Waals surface area contributed by atoms with Crippen molar-refractivity contribution in [3.05, 3.63) is 0 Å². The maximum atomic E-state index is 3.51. The normalized spacial score (nSPS) is 33.2. The van der Waals surface area contributed by atoms with Crippen LogP contribution in [0.2, 0.25) is 0 Å². The molecule has 1 aliphatic carbocycles. The maximum absolute atomic E-state index is 3.51. The first-order chi connectivity index (χ1) is 5.92. The lowest BCUT2D eigenvalue weighted by atomic mass is 9.75. The molecule has 2 heteroatoms. The van der Waals surface area contributed by atoms with Crippen molar-refractivity contribution in [1.29, 1.82) is 0 Å². The van der Waals surface area contributed by atoms with Crippen LogP contribution in [0.1, 0.15) is 25.7 Å². The third-order valence-corrected chi connectivity index (χ3v) is 3.60. The van der Waals surface area contributed by atoms with E-state index in [1.807, 2.05) is 0 Å². The van der Waals surface area contributed by atoms with Gasteiger partial charge in [0.2, 0.25) is 0 Å². The van der Waals surface area contributed by atoms with E-state index >= 15 is 0 Å². The van der Waals surface area contributed by atoms with Crippen molar-refractivity contribution in [2.75, 3.05) is 20.1 Å². The van der Waals surface area contributed by atoms with E-state index in [0.717, 1.165) is 17.9 Å². The molecule has 2 fully saturated rings. The van der Waals surface area contributed by atoms with E-state index in [-0.39, 0.29) is 0 Å². The summed E-state index contributed by atoms with van der Waals surface area (Å²) >= 11 is 0. The number of hydrogen-bond donors (Lipinski definition) is 2. The van der Waals surface area contributed by atoms with Gasteiger partial charge >= 0.3 is 0 Å². The van der Waals surface area contributed by atoms with Crippen LogP contribution in [0, 0.1) is 11.8 Å². The van der Waals surface area contributed by atoms with Crippen molar-refractivity contribution in [2.24, 2.45) is 11.8 Å². The van der Waals surface area contributed by atoms with E-state index in [9.17, 15) is 0 Å². The standard InChI is InChI=1S/C10H20N2/c1-11-10(8-3-2-4-8)9-5-6-12-7-9/h8-12H,2-7H2,1H3. The topological polar surface area (TPSA) is 24.1 Å². The molecule has 1 aliphatic heterocycles. The van der Waals surface area contributed by atoms with E-state index in [2.05, 4.69) is 17.7 Å². The molecule has 12 heavy (non-hydrogen) atoms. The van der Waals surface area contributed by atoms with Gasteiger partial charge in [0.25, 0.3) is 0 Å². The van der Waals surface area contributed by atoms with E-state index < -0.39 is 0 Å². The minimum absolute atomic E-state index is 0.800. The van der Waals surface area contributed by atoms with Gasteiger partial charge in [0.15, 0.2) is 0 Å². The molecular formula is C10H20N2. The van der Waals surface area contributed by atoms with Crippen molar-refractivity contribution in [1.82, 2.24) is 10.6 Å². The summed E-state index contributed by atoms with van der Waals surface area (Å²) in [4.78, 5) is 0. The highest BCUT2D eigenvalue weighted by molar-refractivity contribution is 4.90. The molecular weight excluding hydrogens is 148 g/mol. The minimum atomic E-state index is 0.800. The van der Waals surface area contributed by atoms with Crippen LogP contribution >= 0.6 is 0 Å². The van der Waals surface area contributed by atoms with Crippen molar-refractivity contribution < 1.29 is 0 Å². The molecule has 0 aromatic carbocycles. The number of nitrogens with one attached hydrogen (secondary N) is 2. The Morgan fingerprint density at radius 3 is 2.50 bits per heavy atom. The smallest absolute Gasteiger partial charge is 0.0133 e. The largest absolute Gasteiger partial charge is 0.316 e. The van der Waals surface area contributed by atoms with E-state index in [1.165, 1.54) is 38.8 Å². The molecule has 1 saturated heterocycles. The van der Waals surface area contributed by atoms with Crippen LogP contribution in [-0.2, 0) is 0 Å². The molecule has 2 rings (SSSR count). The number of hydrogen-bond acceptors (Lipinski definition) is 2. The Balaban J connectivity index is 1.87. The lowest BCUT2D eigenvalue weighted by molar-refractivity contribution is 0.189. The molecule has 1 saturated carbocycles. The zero-order valence-electron chi connectivity index (χ0n) is 7.97. The van der Waals surface area contributed by atoms with Crippen molar-refractivity contribution >= 4 is 0 Å². The molecule has 0 amide bonds. The van der Waals surface area contributed by atoms with Crippen LogP contribution in [0.5, 0.6) is 0 Å². The van der Waals surface area contributed by atoms with Gasteiger partial charge < -0.3 is 10.6 Å². The lowest BCUT2D eigenvalue weighted by Gasteiger charge is -2.37. The van der Waals surface area contributed by atoms with Gasteiger partial charge in [-0.3, -0.25) is 0 Å². The zero-order chi connectivity index (χ0) is 8.39. The molecule has 0 aromatic rings. The van der Waals surface area contributed by atoms with E-state index in [0.29, 0.717) is 0 Å². The van der Waals surface area contributed by atoms with E-state index in [4.69, 9.17) is 0 Å². The molecule has 2 N–H and O–H groups in total. The molecule has 1 heterocycles. The van der Waals surface area contributed by atoms with Crippen LogP contribution in [0.4, 0.5) is 0 Å². The summed E-state index contributed by atoms with van der Waals surface area (Å²) in [6.07, 6.45) is 5.76. The first-order valence-electron chi connectivity index (χ1n) is 5.30. The summed E-state index contributed by atoms with van der Waals surface area (Å²) in [6, 6.07) is 0.800. The van der Waals surface area contributed by atoms with Crippen molar-refractivity contribution in [2.45, 2.75) is 31.7 Å². The Morgan fingerprint density at radius 1 is 1.25 bits per heavy atom. The van der Waals surface area contributed by atoms with Crippen molar-refractivity contribution in [3.63, 3.8) is 0 Å².